The molecule has 0 unspecified atom stereocenters. The van der Waals surface area contributed by atoms with Gasteiger partial charge >= 0.3 is 0 Å². The predicted octanol–water partition coefficient (Wildman–Crippen LogP) is 4.44. The lowest BCUT2D eigenvalue weighted by Crippen LogP contribution is -2.16. The Morgan fingerprint density at radius 2 is 1.78 bits per heavy atom. The third-order valence-electron chi connectivity index (χ3n) is 3.52. The minimum Gasteiger partial charge on any atom is -0.383 e. The van der Waals surface area contributed by atoms with Gasteiger partial charge in [0.05, 0.1) is 15.7 Å². The molecule has 3 aromatic rings. The molecular weight excluding hydrogens is 333 g/mol. The molecule has 0 spiro atoms. The van der Waals surface area contributed by atoms with E-state index in [1.807, 2.05) is 6.07 Å². The van der Waals surface area contributed by atoms with Crippen molar-refractivity contribution in [3.8, 4) is 11.1 Å². The van der Waals surface area contributed by atoms with Crippen LogP contribution in [0.1, 0.15) is 16.1 Å². The molecule has 0 aliphatic rings. The molecule has 4 nitrogen and oxygen atoms in total. The summed E-state index contributed by atoms with van der Waals surface area (Å²) >= 11 is 12.0. The van der Waals surface area contributed by atoms with Crippen LogP contribution in [0.3, 0.4) is 0 Å². The third-order valence-corrected chi connectivity index (χ3v) is 4.26. The minimum atomic E-state index is -0.280. The van der Waals surface area contributed by atoms with Gasteiger partial charge in [0.1, 0.15) is 5.82 Å². The zero-order valence-electron chi connectivity index (χ0n) is 12.3. The number of halogens is 2. The lowest BCUT2D eigenvalue weighted by atomic mass is 10.1. The van der Waals surface area contributed by atoms with E-state index in [9.17, 15) is 4.79 Å². The zero-order valence-corrected chi connectivity index (χ0v) is 13.8. The molecule has 2 N–H and O–H groups in total. The second kappa shape index (κ2) is 6.07. The Kier molecular flexibility index (Phi) is 4.11. The van der Waals surface area contributed by atoms with E-state index in [-0.39, 0.29) is 11.7 Å². The lowest BCUT2D eigenvalue weighted by Gasteiger charge is -2.05. The molecule has 116 valence electrons. The molecule has 6 heteroatoms. The first kappa shape index (κ1) is 15.6. The van der Waals surface area contributed by atoms with E-state index < -0.39 is 0 Å². The summed E-state index contributed by atoms with van der Waals surface area (Å²) in [7, 11) is 0. The Hall–Kier alpha value is -2.30. The average Bonchev–Trinajstić information content (AvgIpc) is 2.85. The van der Waals surface area contributed by atoms with Gasteiger partial charge in [0.15, 0.2) is 0 Å². The molecule has 0 amide bonds. The van der Waals surface area contributed by atoms with E-state index in [1.165, 1.54) is 4.68 Å². The van der Waals surface area contributed by atoms with Gasteiger partial charge in [0, 0.05) is 11.1 Å². The number of aryl methyl sites for hydroxylation is 1. The van der Waals surface area contributed by atoms with Gasteiger partial charge in [-0.05, 0) is 36.8 Å². The van der Waals surface area contributed by atoms with Gasteiger partial charge in [0.2, 0.25) is 0 Å². The van der Waals surface area contributed by atoms with E-state index in [4.69, 9.17) is 28.9 Å². The van der Waals surface area contributed by atoms with Gasteiger partial charge in [0.25, 0.3) is 5.91 Å². The van der Waals surface area contributed by atoms with E-state index in [1.54, 1.807) is 49.4 Å². The van der Waals surface area contributed by atoms with E-state index in [2.05, 4.69) is 5.10 Å². The molecule has 0 aliphatic carbocycles. The third kappa shape index (κ3) is 2.83. The Bertz CT molecular complexity index is 888. The topological polar surface area (TPSA) is 60.9 Å². The fourth-order valence-corrected chi connectivity index (χ4v) is 2.71. The molecular formula is C17H13Cl2N3O. The molecule has 0 saturated heterocycles. The van der Waals surface area contributed by atoms with Gasteiger partial charge < -0.3 is 5.73 Å². The molecule has 0 saturated carbocycles. The van der Waals surface area contributed by atoms with Crippen LogP contribution in [0.25, 0.3) is 11.1 Å². The maximum absolute atomic E-state index is 12.6. The van der Waals surface area contributed by atoms with Crippen LogP contribution in [0, 0.1) is 6.92 Å². The van der Waals surface area contributed by atoms with Crippen molar-refractivity contribution in [1.29, 1.82) is 0 Å². The molecule has 0 bridgehead atoms. The molecule has 23 heavy (non-hydrogen) atoms. The molecule has 0 fully saturated rings. The summed E-state index contributed by atoms with van der Waals surface area (Å²) in [6, 6.07) is 14.1. The summed E-state index contributed by atoms with van der Waals surface area (Å²) in [5.41, 5.74) is 8.77. The fraction of sp³-hybridized carbons (Fsp3) is 0.0588. The smallest absolute Gasteiger partial charge is 0.280 e. The highest BCUT2D eigenvalue weighted by molar-refractivity contribution is 6.42. The molecule has 0 atom stereocenters. The molecule has 1 heterocycles. The summed E-state index contributed by atoms with van der Waals surface area (Å²) in [6.45, 7) is 1.79. The van der Waals surface area contributed by atoms with Gasteiger partial charge in [-0.1, -0.05) is 47.5 Å². The molecule has 0 aliphatic heterocycles. The van der Waals surface area contributed by atoms with Gasteiger partial charge in [-0.3, -0.25) is 4.79 Å². The highest BCUT2D eigenvalue weighted by Crippen LogP contribution is 2.33. The maximum atomic E-state index is 12.6. The summed E-state index contributed by atoms with van der Waals surface area (Å²) in [5, 5.41) is 5.16. The monoisotopic (exact) mass is 345 g/mol. The number of nitrogens with two attached hydrogens (primary N) is 1. The average molecular weight is 346 g/mol. The number of benzene rings is 2. The standard InChI is InChI=1S/C17H13Cl2N3O/c1-10-15(12-7-8-13(18)14(19)9-12)16(20)22(21-10)17(23)11-5-3-2-4-6-11/h2-9H,20H2,1H3. The second-order valence-corrected chi connectivity index (χ2v) is 5.87. The fourth-order valence-electron chi connectivity index (χ4n) is 2.41. The Morgan fingerprint density at radius 1 is 1.09 bits per heavy atom. The molecule has 2 aromatic carbocycles. The van der Waals surface area contributed by atoms with Crippen LogP contribution in [0.5, 0.6) is 0 Å². The number of nitrogens with zero attached hydrogens (tertiary/aromatic N) is 2. The van der Waals surface area contributed by atoms with E-state index in [0.717, 1.165) is 5.56 Å². The second-order valence-electron chi connectivity index (χ2n) is 5.06. The van der Waals surface area contributed by atoms with Crippen molar-refractivity contribution in [3.63, 3.8) is 0 Å². The zero-order chi connectivity index (χ0) is 16.6. The van der Waals surface area contributed by atoms with Crippen molar-refractivity contribution < 1.29 is 4.79 Å². The number of hydrogen-bond acceptors (Lipinski definition) is 3. The van der Waals surface area contributed by atoms with Crippen LogP contribution in [0.4, 0.5) is 5.82 Å². The normalized spacial score (nSPS) is 10.7. The summed E-state index contributed by atoms with van der Waals surface area (Å²) in [4.78, 5) is 12.6. The SMILES string of the molecule is Cc1nn(C(=O)c2ccccc2)c(N)c1-c1ccc(Cl)c(Cl)c1. The quantitative estimate of drug-likeness (QED) is 0.746. The number of anilines is 1. The molecule has 3 rings (SSSR count). The van der Waals surface area contributed by atoms with E-state index >= 15 is 0 Å². The minimum absolute atomic E-state index is 0.273. The van der Waals surface area contributed by atoms with Crippen LogP contribution in [0.2, 0.25) is 10.0 Å². The predicted molar refractivity (Wildman–Crippen MR) is 93.0 cm³/mol. The maximum Gasteiger partial charge on any atom is 0.280 e. The highest BCUT2D eigenvalue weighted by Gasteiger charge is 2.20. The number of carbonyl (C=O) groups is 1. The van der Waals surface area contributed by atoms with Crippen LogP contribution < -0.4 is 5.73 Å². The molecule has 0 radical (unpaired) electrons. The first-order chi connectivity index (χ1) is 11.0. The first-order valence-corrected chi connectivity index (χ1v) is 7.65. The number of hydrogen-bond donors (Lipinski definition) is 1. The lowest BCUT2D eigenvalue weighted by molar-refractivity contribution is 0.0947. The Balaban J connectivity index is 2.10. The van der Waals surface area contributed by atoms with Gasteiger partial charge in [-0.25, -0.2) is 0 Å². The van der Waals surface area contributed by atoms with Crippen LogP contribution in [-0.4, -0.2) is 15.7 Å². The highest BCUT2D eigenvalue weighted by atomic mass is 35.5. The van der Waals surface area contributed by atoms with Crippen molar-refractivity contribution in [1.82, 2.24) is 9.78 Å². The van der Waals surface area contributed by atoms with Crippen molar-refractivity contribution in [2.45, 2.75) is 6.92 Å². The van der Waals surface area contributed by atoms with Crippen LogP contribution in [-0.2, 0) is 0 Å². The summed E-state index contributed by atoms with van der Waals surface area (Å²) in [5.74, 6) is -0.00717. The van der Waals surface area contributed by atoms with Crippen molar-refractivity contribution in [3.05, 3.63) is 69.8 Å². The van der Waals surface area contributed by atoms with Gasteiger partial charge in [-0.15, -0.1) is 0 Å². The largest absolute Gasteiger partial charge is 0.383 e. The Morgan fingerprint density at radius 3 is 2.43 bits per heavy atom. The number of aromatic nitrogens is 2. The van der Waals surface area contributed by atoms with Gasteiger partial charge in [-0.2, -0.15) is 9.78 Å². The van der Waals surface area contributed by atoms with Crippen LogP contribution >= 0.6 is 23.2 Å². The van der Waals surface area contributed by atoms with Crippen molar-refractivity contribution in [2.75, 3.05) is 5.73 Å². The number of carbonyl (C=O) groups excluding carboxylic acids is 1. The number of rotatable bonds is 2. The summed E-state index contributed by atoms with van der Waals surface area (Å²) < 4.78 is 1.21. The first-order valence-electron chi connectivity index (χ1n) is 6.89. The molecule has 1 aromatic heterocycles. The van der Waals surface area contributed by atoms with Crippen molar-refractivity contribution in [2.24, 2.45) is 0 Å². The summed E-state index contributed by atoms with van der Waals surface area (Å²) in [6.07, 6.45) is 0. The Labute approximate surface area is 143 Å². The van der Waals surface area contributed by atoms with E-state index in [0.29, 0.717) is 26.9 Å². The van der Waals surface area contributed by atoms with Crippen molar-refractivity contribution >= 4 is 34.9 Å². The number of nitrogen functional groups attached to an aromatic ring is 1. The van der Waals surface area contributed by atoms with Crippen LogP contribution in [0.15, 0.2) is 48.5 Å².